The maximum absolute atomic E-state index is 13.6. The van der Waals surface area contributed by atoms with E-state index in [1.165, 1.54) is 23.3 Å². The Kier molecular flexibility index (Phi) is 5.02. The van der Waals surface area contributed by atoms with Gasteiger partial charge in [-0.25, -0.2) is 4.39 Å². The summed E-state index contributed by atoms with van der Waals surface area (Å²) >= 11 is 0. The van der Waals surface area contributed by atoms with Crippen LogP contribution in [-0.4, -0.2) is 30.1 Å². The first kappa shape index (κ1) is 17.2. The summed E-state index contributed by atoms with van der Waals surface area (Å²) in [5, 5.41) is 0. The molecule has 1 fully saturated rings. The predicted molar refractivity (Wildman–Crippen MR) is 98.6 cm³/mol. The van der Waals surface area contributed by atoms with Gasteiger partial charge in [-0.05, 0) is 73.1 Å². The van der Waals surface area contributed by atoms with E-state index in [9.17, 15) is 9.18 Å². The molecule has 0 spiro atoms. The lowest BCUT2D eigenvalue weighted by Gasteiger charge is -2.26. The lowest BCUT2D eigenvalue weighted by Crippen LogP contribution is -2.37. The van der Waals surface area contributed by atoms with Crippen molar-refractivity contribution in [3.05, 3.63) is 70.5 Å². The average molecular weight is 353 g/mol. The number of nitrogens with zero attached hydrogens (tertiary/aromatic N) is 1. The van der Waals surface area contributed by atoms with E-state index < -0.39 is 0 Å². The van der Waals surface area contributed by atoms with Gasteiger partial charge in [-0.1, -0.05) is 18.2 Å². The molecule has 0 bridgehead atoms. The van der Waals surface area contributed by atoms with Crippen LogP contribution < -0.4 is 0 Å². The van der Waals surface area contributed by atoms with Gasteiger partial charge in [-0.2, -0.15) is 0 Å². The fourth-order valence-corrected chi connectivity index (χ4v) is 4.00. The van der Waals surface area contributed by atoms with E-state index in [0.717, 1.165) is 49.8 Å². The Bertz CT molecular complexity index is 798. The standard InChI is InChI=1S/C22H24FNO2/c23-20-7-1-4-16(12-20)14-24(15-21-8-3-11-26-21)22(25)19-10-9-17-5-2-6-18(17)13-19/h1,4,7,9-10,12-13,21H,2-3,5-6,8,11,14-15H2/t21-/m0/s1. The Morgan fingerprint density at radius 3 is 2.81 bits per heavy atom. The van der Waals surface area contributed by atoms with E-state index in [1.807, 2.05) is 18.2 Å². The molecule has 26 heavy (non-hydrogen) atoms. The fraction of sp³-hybridized carbons (Fsp3) is 0.409. The van der Waals surface area contributed by atoms with Crippen LogP contribution in [0.2, 0.25) is 0 Å². The minimum Gasteiger partial charge on any atom is -0.376 e. The molecule has 1 saturated heterocycles. The number of ether oxygens (including phenoxy) is 1. The number of aryl methyl sites for hydroxylation is 2. The molecule has 0 radical (unpaired) electrons. The van der Waals surface area contributed by atoms with Crippen molar-refractivity contribution in [2.45, 2.75) is 44.8 Å². The number of fused-ring (bicyclic) bond motifs is 1. The van der Waals surface area contributed by atoms with Gasteiger partial charge in [-0.3, -0.25) is 4.79 Å². The number of halogens is 1. The van der Waals surface area contributed by atoms with Crippen LogP contribution >= 0.6 is 0 Å². The second kappa shape index (κ2) is 7.58. The monoisotopic (exact) mass is 353 g/mol. The number of hydrogen-bond acceptors (Lipinski definition) is 2. The van der Waals surface area contributed by atoms with E-state index in [2.05, 4.69) is 6.07 Å². The highest BCUT2D eigenvalue weighted by molar-refractivity contribution is 5.94. The summed E-state index contributed by atoms with van der Waals surface area (Å²) in [6, 6.07) is 12.5. The van der Waals surface area contributed by atoms with Crippen molar-refractivity contribution in [2.75, 3.05) is 13.2 Å². The molecular formula is C22H24FNO2. The zero-order valence-corrected chi connectivity index (χ0v) is 14.9. The molecule has 1 heterocycles. The molecule has 0 unspecified atom stereocenters. The molecule has 0 N–H and O–H groups in total. The molecule has 0 saturated carbocycles. The second-order valence-corrected chi connectivity index (χ2v) is 7.29. The molecule has 1 aliphatic heterocycles. The molecule has 1 aliphatic carbocycles. The maximum Gasteiger partial charge on any atom is 0.254 e. The molecular weight excluding hydrogens is 329 g/mol. The predicted octanol–water partition coefficient (Wildman–Crippen LogP) is 4.14. The molecule has 3 nitrogen and oxygen atoms in total. The van der Waals surface area contributed by atoms with Gasteiger partial charge < -0.3 is 9.64 Å². The Labute approximate surface area is 153 Å². The molecule has 136 valence electrons. The summed E-state index contributed by atoms with van der Waals surface area (Å²) in [4.78, 5) is 15.0. The molecule has 1 atom stereocenters. The normalized spacial score (nSPS) is 18.7. The molecule has 0 aromatic heterocycles. The zero-order valence-electron chi connectivity index (χ0n) is 14.9. The van der Waals surface area contributed by atoms with Crippen LogP contribution in [0.5, 0.6) is 0 Å². The number of hydrogen-bond donors (Lipinski definition) is 0. The van der Waals surface area contributed by atoms with Gasteiger partial charge in [0.2, 0.25) is 0 Å². The van der Waals surface area contributed by atoms with Crippen LogP contribution in [-0.2, 0) is 24.1 Å². The minimum atomic E-state index is -0.274. The number of amides is 1. The van der Waals surface area contributed by atoms with Gasteiger partial charge in [0.15, 0.2) is 0 Å². The smallest absolute Gasteiger partial charge is 0.254 e. The Morgan fingerprint density at radius 1 is 1.12 bits per heavy atom. The fourth-order valence-electron chi connectivity index (χ4n) is 4.00. The largest absolute Gasteiger partial charge is 0.376 e. The summed E-state index contributed by atoms with van der Waals surface area (Å²) in [5.74, 6) is -0.274. The van der Waals surface area contributed by atoms with Crippen molar-refractivity contribution < 1.29 is 13.9 Å². The topological polar surface area (TPSA) is 29.5 Å². The van der Waals surface area contributed by atoms with Crippen LogP contribution in [0, 0.1) is 5.82 Å². The minimum absolute atomic E-state index is 0.000499. The van der Waals surface area contributed by atoms with Crippen molar-refractivity contribution in [2.24, 2.45) is 0 Å². The number of benzene rings is 2. The van der Waals surface area contributed by atoms with Crippen LogP contribution in [0.3, 0.4) is 0 Å². The van der Waals surface area contributed by atoms with Crippen molar-refractivity contribution in [3.8, 4) is 0 Å². The molecule has 2 aromatic carbocycles. The van der Waals surface area contributed by atoms with Crippen LogP contribution in [0.15, 0.2) is 42.5 Å². The molecule has 4 heteroatoms. The highest BCUT2D eigenvalue weighted by Gasteiger charge is 2.24. The summed E-state index contributed by atoms with van der Waals surface area (Å²) in [6.07, 6.45) is 5.39. The van der Waals surface area contributed by atoms with Gasteiger partial charge in [0.25, 0.3) is 5.91 Å². The van der Waals surface area contributed by atoms with Crippen molar-refractivity contribution in [1.29, 1.82) is 0 Å². The van der Waals surface area contributed by atoms with Gasteiger partial charge in [0.1, 0.15) is 5.82 Å². The molecule has 1 amide bonds. The first-order valence-electron chi connectivity index (χ1n) is 9.46. The van der Waals surface area contributed by atoms with Crippen LogP contribution in [0.4, 0.5) is 4.39 Å². The zero-order chi connectivity index (χ0) is 17.9. The second-order valence-electron chi connectivity index (χ2n) is 7.29. The van der Waals surface area contributed by atoms with Gasteiger partial charge in [0.05, 0.1) is 6.10 Å². The van der Waals surface area contributed by atoms with Crippen molar-refractivity contribution >= 4 is 5.91 Å². The molecule has 2 aliphatic rings. The first-order valence-corrected chi connectivity index (χ1v) is 9.46. The van der Waals surface area contributed by atoms with E-state index in [-0.39, 0.29) is 17.8 Å². The summed E-state index contributed by atoms with van der Waals surface area (Å²) in [5.41, 5.74) is 4.17. The first-order chi connectivity index (χ1) is 12.7. The van der Waals surface area contributed by atoms with E-state index in [0.29, 0.717) is 13.1 Å². The van der Waals surface area contributed by atoms with Crippen LogP contribution in [0.1, 0.15) is 46.3 Å². The van der Waals surface area contributed by atoms with E-state index in [4.69, 9.17) is 4.74 Å². The SMILES string of the molecule is O=C(c1ccc2c(c1)CCC2)N(Cc1cccc(F)c1)C[C@@H]1CCCO1. The Morgan fingerprint density at radius 2 is 2.00 bits per heavy atom. The third-order valence-corrected chi connectivity index (χ3v) is 5.34. The third-order valence-electron chi connectivity index (χ3n) is 5.34. The quantitative estimate of drug-likeness (QED) is 0.809. The van der Waals surface area contributed by atoms with Gasteiger partial charge in [-0.15, -0.1) is 0 Å². The summed E-state index contributed by atoms with van der Waals surface area (Å²) in [6.45, 7) is 1.70. The average Bonchev–Trinajstić information content (AvgIpc) is 3.31. The summed E-state index contributed by atoms with van der Waals surface area (Å²) in [7, 11) is 0. The number of carbonyl (C=O) groups excluding carboxylic acids is 1. The number of rotatable bonds is 5. The van der Waals surface area contributed by atoms with E-state index in [1.54, 1.807) is 11.0 Å². The van der Waals surface area contributed by atoms with Gasteiger partial charge in [0, 0.05) is 25.3 Å². The molecule has 4 rings (SSSR count). The third kappa shape index (κ3) is 3.80. The lowest BCUT2D eigenvalue weighted by molar-refractivity contribution is 0.0507. The van der Waals surface area contributed by atoms with Crippen molar-refractivity contribution in [3.63, 3.8) is 0 Å². The highest BCUT2D eigenvalue weighted by Crippen LogP contribution is 2.24. The maximum atomic E-state index is 13.6. The summed E-state index contributed by atoms with van der Waals surface area (Å²) < 4.78 is 19.3. The Balaban J connectivity index is 1.57. The van der Waals surface area contributed by atoms with Crippen LogP contribution in [0.25, 0.3) is 0 Å². The Hall–Kier alpha value is -2.20. The molecule has 2 aromatic rings. The van der Waals surface area contributed by atoms with E-state index >= 15 is 0 Å². The van der Waals surface area contributed by atoms with Crippen molar-refractivity contribution in [1.82, 2.24) is 4.90 Å². The number of carbonyl (C=O) groups is 1. The highest BCUT2D eigenvalue weighted by atomic mass is 19.1. The lowest BCUT2D eigenvalue weighted by atomic mass is 10.0. The van der Waals surface area contributed by atoms with Gasteiger partial charge >= 0.3 is 0 Å².